The summed E-state index contributed by atoms with van der Waals surface area (Å²) in [6.45, 7) is 9.74. The van der Waals surface area contributed by atoms with Crippen molar-refractivity contribution in [3.63, 3.8) is 0 Å². The van der Waals surface area contributed by atoms with E-state index in [1.54, 1.807) is 0 Å². The lowest BCUT2D eigenvalue weighted by molar-refractivity contribution is -0.137. The van der Waals surface area contributed by atoms with E-state index in [9.17, 15) is 4.79 Å². The number of carboxylic acid groups (broad SMARTS) is 1. The minimum atomic E-state index is -0.661. The third kappa shape index (κ3) is 6.35. The molecule has 0 aromatic rings. The fourth-order valence-corrected chi connectivity index (χ4v) is 3.72. The van der Waals surface area contributed by atoms with E-state index in [0.29, 0.717) is 6.42 Å². The predicted octanol–water partition coefficient (Wildman–Crippen LogP) is 2.69. The number of hydrogen-bond acceptors (Lipinski definition) is 3. The molecule has 0 bridgehead atoms. The quantitative estimate of drug-likeness (QED) is 0.734. The molecule has 1 N–H and O–H groups in total. The van der Waals surface area contributed by atoms with Crippen LogP contribution in [0.4, 0.5) is 0 Å². The zero-order valence-electron chi connectivity index (χ0n) is 13.6. The summed E-state index contributed by atoms with van der Waals surface area (Å²) >= 11 is 0. The first-order chi connectivity index (χ1) is 10.1. The summed E-state index contributed by atoms with van der Waals surface area (Å²) < 4.78 is 0. The van der Waals surface area contributed by atoms with Crippen LogP contribution in [0.3, 0.4) is 0 Å². The number of carboxylic acids is 1. The molecule has 0 aliphatic carbocycles. The number of hydrogen-bond donors (Lipinski definition) is 1. The highest BCUT2D eigenvalue weighted by Gasteiger charge is 2.23. The minimum Gasteiger partial charge on any atom is -0.481 e. The molecule has 2 saturated heterocycles. The van der Waals surface area contributed by atoms with E-state index in [2.05, 4.69) is 16.7 Å². The fourth-order valence-electron chi connectivity index (χ4n) is 3.72. The Labute approximate surface area is 129 Å². The number of aliphatic carboxylic acids is 1. The summed E-state index contributed by atoms with van der Waals surface area (Å²) in [6, 6.07) is 0. The van der Waals surface area contributed by atoms with Crippen molar-refractivity contribution in [2.24, 2.45) is 11.8 Å². The molecule has 0 spiro atoms. The van der Waals surface area contributed by atoms with Gasteiger partial charge in [-0.25, -0.2) is 0 Å². The lowest BCUT2D eigenvalue weighted by Crippen LogP contribution is -2.43. The van der Waals surface area contributed by atoms with Crippen molar-refractivity contribution in [1.82, 2.24) is 9.80 Å². The fraction of sp³-hybridized carbons (Fsp3) is 0.941. The number of carbonyl (C=O) groups is 1. The van der Waals surface area contributed by atoms with Gasteiger partial charge in [-0.15, -0.1) is 0 Å². The van der Waals surface area contributed by atoms with Gasteiger partial charge in [0.2, 0.25) is 0 Å². The highest BCUT2D eigenvalue weighted by Crippen LogP contribution is 2.22. The molecule has 0 amide bonds. The van der Waals surface area contributed by atoms with Crippen LogP contribution in [0.15, 0.2) is 0 Å². The van der Waals surface area contributed by atoms with Crippen molar-refractivity contribution in [1.29, 1.82) is 0 Å². The van der Waals surface area contributed by atoms with Crippen LogP contribution >= 0.6 is 0 Å². The normalized spacial score (nSPS) is 26.0. The van der Waals surface area contributed by atoms with Crippen molar-refractivity contribution < 1.29 is 9.90 Å². The molecule has 2 aliphatic heterocycles. The van der Waals surface area contributed by atoms with Gasteiger partial charge in [0.1, 0.15) is 0 Å². The molecule has 4 heteroatoms. The first-order valence-corrected chi connectivity index (χ1v) is 8.80. The molecule has 0 unspecified atom stereocenters. The summed E-state index contributed by atoms with van der Waals surface area (Å²) in [5.74, 6) is 1.08. The van der Waals surface area contributed by atoms with Crippen LogP contribution in [0.2, 0.25) is 0 Å². The van der Waals surface area contributed by atoms with E-state index in [-0.39, 0.29) is 0 Å². The van der Waals surface area contributed by atoms with Gasteiger partial charge in [0.05, 0.1) is 0 Å². The molecule has 0 aromatic heterocycles. The van der Waals surface area contributed by atoms with Gasteiger partial charge in [-0.1, -0.05) is 6.92 Å². The Bertz CT molecular complexity index is 314. The minimum absolute atomic E-state index is 0.323. The topological polar surface area (TPSA) is 43.8 Å². The van der Waals surface area contributed by atoms with Crippen molar-refractivity contribution in [2.75, 3.05) is 39.3 Å². The molecule has 1 atom stereocenters. The van der Waals surface area contributed by atoms with Crippen molar-refractivity contribution in [2.45, 2.75) is 51.9 Å². The van der Waals surface area contributed by atoms with Crippen molar-refractivity contribution in [3.05, 3.63) is 0 Å². The van der Waals surface area contributed by atoms with Crippen molar-refractivity contribution in [3.8, 4) is 0 Å². The SMILES string of the molecule is CC1CCN(C[C@@H]2CCCN(CCCCC(=O)O)C2)CC1. The smallest absolute Gasteiger partial charge is 0.303 e. The monoisotopic (exact) mass is 296 g/mol. The van der Waals surface area contributed by atoms with Crippen LogP contribution in [-0.2, 0) is 4.79 Å². The van der Waals surface area contributed by atoms with Crippen LogP contribution in [0, 0.1) is 11.8 Å². The average Bonchev–Trinajstić information content (AvgIpc) is 2.46. The average molecular weight is 296 g/mol. The summed E-state index contributed by atoms with van der Waals surface area (Å²) in [7, 11) is 0. The van der Waals surface area contributed by atoms with Crippen LogP contribution in [0.25, 0.3) is 0 Å². The second-order valence-corrected chi connectivity index (χ2v) is 7.14. The highest BCUT2D eigenvalue weighted by molar-refractivity contribution is 5.66. The predicted molar refractivity (Wildman–Crippen MR) is 85.5 cm³/mol. The van der Waals surface area contributed by atoms with Gasteiger partial charge in [-0.05, 0) is 76.5 Å². The van der Waals surface area contributed by atoms with Crippen molar-refractivity contribution >= 4 is 5.97 Å². The molecule has 2 heterocycles. The second-order valence-electron chi connectivity index (χ2n) is 7.14. The zero-order valence-corrected chi connectivity index (χ0v) is 13.6. The largest absolute Gasteiger partial charge is 0.481 e. The summed E-state index contributed by atoms with van der Waals surface area (Å²) in [6.07, 6.45) is 7.59. The first-order valence-electron chi connectivity index (χ1n) is 8.80. The Hall–Kier alpha value is -0.610. The van der Waals surface area contributed by atoms with E-state index in [1.807, 2.05) is 0 Å². The molecule has 0 aromatic carbocycles. The maximum atomic E-state index is 10.5. The molecule has 0 saturated carbocycles. The van der Waals surface area contributed by atoms with Crippen LogP contribution in [0.1, 0.15) is 51.9 Å². The molecule has 2 rings (SSSR count). The van der Waals surface area contributed by atoms with E-state index >= 15 is 0 Å². The van der Waals surface area contributed by atoms with Gasteiger partial charge < -0.3 is 14.9 Å². The molecule has 4 nitrogen and oxygen atoms in total. The Kier molecular flexibility index (Phi) is 6.97. The van der Waals surface area contributed by atoms with Gasteiger partial charge in [-0.2, -0.15) is 0 Å². The molecule has 0 radical (unpaired) electrons. The Morgan fingerprint density at radius 3 is 2.57 bits per heavy atom. The summed E-state index contributed by atoms with van der Waals surface area (Å²) in [4.78, 5) is 15.8. The van der Waals surface area contributed by atoms with Crippen LogP contribution < -0.4 is 0 Å². The Morgan fingerprint density at radius 2 is 1.86 bits per heavy atom. The van der Waals surface area contributed by atoms with Gasteiger partial charge in [0, 0.05) is 19.5 Å². The zero-order chi connectivity index (χ0) is 15.1. The van der Waals surface area contributed by atoms with Gasteiger partial charge >= 0.3 is 5.97 Å². The molecule has 2 fully saturated rings. The molecular formula is C17H32N2O2. The van der Waals surface area contributed by atoms with Crippen LogP contribution in [0.5, 0.6) is 0 Å². The van der Waals surface area contributed by atoms with Crippen LogP contribution in [-0.4, -0.2) is 60.1 Å². The standard InChI is InChI=1S/C17H32N2O2/c1-15-7-11-19(12-8-15)14-16-5-4-10-18(13-16)9-3-2-6-17(20)21/h15-16H,2-14H2,1H3,(H,20,21)/t16-/m1/s1. The highest BCUT2D eigenvalue weighted by atomic mass is 16.4. The van der Waals surface area contributed by atoms with E-state index < -0.39 is 5.97 Å². The number of likely N-dealkylation sites (tertiary alicyclic amines) is 2. The summed E-state index contributed by atoms with van der Waals surface area (Å²) in [5.41, 5.74) is 0. The first kappa shape index (κ1) is 16.8. The number of unbranched alkanes of at least 4 members (excludes halogenated alkanes) is 1. The number of nitrogens with zero attached hydrogens (tertiary/aromatic N) is 2. The second kappa shape index (κ2) is 8.74. The summed E-state index contributed by atoms with van der Waals surface area (Å²) in [5, 5.41) is 8.67. The number of rotatable bonds is 7. The van der Waals surface area contributed by atoms with E-state index in [1.165, 1.54) is 58.4 Å². The molecule has 122 valence electrons. The Morgan fingerprint density at radius 1 is 1.10 bits per heavy atom. The van der Waals surface area contributed by atoms with Gasteiger partial charge in [-0.3, -0.25) is 4.79 Å². The lowest BCUT2D eigenvalue weighted by atomic mass is 9.94. The third-order valence-corrected chi connectivity index (χ3v) is 5.11. The molecule has 21 heavy (non-hydrogen) atoms. The van der Waals surface area contributed by atoms with Gasteiger partial charge in [0.15, 0.2) is 0 Å². The Balaban J connectivity index is 1.62. The maximum Gasteiger partial charge on any atom is 0.303 e. The number of piperidine rings is 2. The lowest BCUT2D eigenvalue weighted by Gasteiger charge is -2.37. The van der Waals surface area contributed by atoms with E-state index in [0.717, 1.165) is 31.2 Å². The van der Waals surface area contributed by atoms with E-state index in [4.69, 9.17) is 5.11 Å². The maximum absolute atomic E-state index is 10.5. The van der Waals surface area contributed by atoms with Gasteiger partial charge in [0.25, 0.3) is 0 Å². The molecule has 2 aliphatic rings. The third-order valence-electron chi connectivity index (χ3n) is 5.11. The molecular weight excluding hydrogens is 264 g/mol.